The minimum atomic E-state index is 0.674. The number of hydrogen-bond donors (Lipinski definition) is 0. The molecule has 0 amide bonds. The summed E-state index contributed by atoms with van der Waals surface area (Å²) >= 11 is 0. The fraction of sp³-hybridized carbons (Fsp3) is 0.160. The van der Waals surface area contributed by atoms with Crippen molar-refractivity contribution in [2.75, 3.05) is 30.4 Å². The summed E-state index contributed by atoms with van der Waals surface area (Å²) in [6.45, 7) is 0.851. The molecule has 0 unspecified atom stereocenters. The normalized spacial score (nSPS) is 10.6. The van der Waals surface area contributed by atoms with Gasteiger partial charge in [0.1, 0.15) is 5.82 Å². The first-order valence-corrected chi connectivity index (χ1v) is 10.0. The Morgan fingerprint density at radius 2 is 1.43 bits per heavy atom. The largest absolute Gasteiger partial charge is 0.359 e. The third-order valence-electron chi connectivity index (χ3n) is 5.09. The van der Waals surface area contributed by atoms with E-state index in [4.69, 9.17) is 9.97 Å². The van der Waals surface area contributed by atoms with E-state index < -0.39 is 0 Å². The highest BCUT2D eigenvalue weighted by molar-refractivity contribution is 5.67. The maximum Gasteiger partial charge on any atom is 0.232 e. The van der Waals surface area contributed by atoms with Gasteiger partial charge < -0.3 is 9.80 Å². The molecular weight excluding hydrogens is 370 g/mol. The van der Waals surface area contributed by atoms with Gasteiger partial charge in [0.2, 0.25) is 5.95 Å². The maximum absolute atomic E-state index is 4.88. The molecule has 4 aromatic rings. The van der Waals surface area contributed by atoms with Gasteiger partial charge in [-0.2, -0.15) is 4.98 Å². The molecule has 0 spiro atoms. The molecule has 150 valence electrons. The van der Waals surface area contributed by atoms with E-state index in [1.54, 1.807) is 0 Å². The van der Waals surface area contributed by atoms with E-state index >= 15 is 0 Å². The van der Waals surface area contributed by atoms with Crippen LogP contribution in [-0.2, 0) is 6.42 Å². The predicted octanol–water partition coefficient (Wildman–Crippen LogP) is 4.99. The molecule has 0 saturated carbocycles. The summed E-state index contributed by atoms with van der Waals surface area (Å²) in [6.07, 6.45) is 4.59. The Bertz CT molecular complexity index is 1070. The van der Waals surface area contributed by atoms with E-state index in [-0.39, 0.29) is 0 Å². The van der Waals surface area contributed by atoms with Crippen LogP contribution in [0.3, 0.4) is 0 Å². The van der Waals surface area contributed by atoms with Gasteiger partial charge in [0.25, 0.3) is 0 Å². The average molecular weight is 396 g/mol. The van der Waals surface area contributed by atoms with Gasteiger partial charge >= 0.3 is 0 Å². The fourth-order valence-corrected chi connectivity index (χ4v) is 3.25. The average Bonchev–Trinajstić information content (AvgIpc) is 2.83. The molecule has 0 N–H and O–H groups in total. The zero-order chi connectivity index (χ0) is 20.8. The van der Waals surface area contributed by atoms with E-state index in [2.05, 4.69) is 59.4 Å². The second-order valence-corrected chi connectivity index (χ2v) is 7.20. The smallest absolute Gasteiger partial charge is 0.232 e. The first-order chi connectivity index (χ1) is 14.7. The summed E-state index contributed by atoms with van der Waals surface area (Å²) in [6, 6.07) is 26.6. The monoisotopic (exact) mass is 395 g/mol. The predicted molar refractivity (Wildman–Crippen MR) is 123 cm³/mol. The molecule has 5 heteroatoms. The fourth-order valence-electron chi connectivity index (χ4n) is 3.25. The Labute approximate surface area is 177 Å². The van der Waals surface area contributed by atoms with Crippen LogP contribution >= 0.6 is 0 Å². The molecule has 4 rings (SSSR count). The van der Waals surface area contributed by atoms with Crippen molar-refractivity contribution in [3.63, 3.8) is 0 Å². The van der Waals surface area contributed by atoms with E-state index in [0.717, 1.165) is 35.7 Å². The van der Waals surface area contributed by atoms with E-state index in [1.807, 2.05) is 60.7 Å². The lowest BCUT2D eigenvalue weighted by molar-refractivity contribution is 0.852. The van der Waals surface area contributed by atoms with Crippen LogP contribution in [0.25, 0.3) is 11.3 Å². The van der Waals surface area contributed by atoms with Gasteiger partial charge in [-0.15, -0.1) is 0 Å². The Morgan fingerprint density at radius 3 is 2.13 bits per heavy atom. The molecule has 30 heavy (non-hydrogen) atoms. The first kappa shape index (κ1) is 19.6. The van der Waals surface area contributed by atoms with Crippen molar-refractivity contribution < 1.29 is 0 Å². The summed E-state index contributed by atoms with van der Waals surface area (Å²) in [5, 5.41) is 0. The number of para-hydroxylation sites is 1. The molecule has 0 fully saturated rings. The Morgan fingerprint density at radius 1 is 0.767 bits per heavy atom. The lowest BCUT2D eigenvalue weighted by Gasteiger charge is -2.23. The molecule has 5 nitrogen and oxygen atoms in total. The van der Waals surface area contributed by atoms with Crippen molar-refractivity contribution >= 4 is 17.5 Å². The van der Waals surface area contributed by atoms with Crippen molar-refractivity contribution in [3.8, 4) is 11.3 Å². The number of likely N-dealkylation sites (N-methyl/N-ethyl adjacent to an activating group) is 1. The molecule has 0 radical (unpaired) electrons. The van der Waals surface area contributed by atoms with Crippen molar-refractivity contribution in [2.24, 2.45) is 0 Å². The van der Waals surface area contributed by atoms with Crippen LogP contribution in [0, 0.1) is 0 Å². The van der Waals surface area contributed by atoms with Gasteiger partial charge in [0, 0.05) is 50.4 Å². The van der Waals surface area contributed by atoms with Crippen LogP contribution < -0.4 is 9.80 Å². The molecule has 0 aliphatic heterocycles. The van der Waals surface area contributed by atoms with Gasteiger partial charge in [-0.25, -0.2) is 4.98 Å². The number of rotatable bonds is 7. The molecular formula is C25H25N5. The topological polar surface area (TPSA) is 45.2 Å². The van der Waals surface area contributed by atoms with Crippen LogP contribution in [0.15, 0.2) is 91.3 Å². The number of aromatic nitrogens is 3. The van der Waals surface area contributed by atoms with E-state index in [1.165, 1.54) is 5.56 Å². The number of nitrogens with zero attached hydrogens (tertiary/aromatic N) is 5. The van der Waals surface area contributed by atoms with Gasteiger partial charge in [0.05, 0.1) is 5.69 Å². The molecule has 0 saturated heterocycles. The summed E-state index contributed by atoms with van der Waals surface area (Å²) in [5.74, 6) is 1.57. The molecule has 2 aromatic heterocycles. The van der Waals surface area contributed by atoms with Crippen molar-refractivity contribution in [1.29, 1.82) is 0 Å². The summed E-state index contributed by atoms with van der Waals surface area (Å²) in [7, 11) is 4.07. The summed E-state index contributed by atoms with van der Waals surface area (Å²) in [4.78, 5) is 18.0. The third kappa shape index (κ3) is 4.63. The zero-order valence-corrected chi connectivity index (χ0v) is 17.3. The minimum Gasteiger partial charge on any atom is -0.359 e. The number of benzene rings is 2. The Balaban J connectivity index is 1.66. The standard InChI is InChI=1S/C25H25N5/c1-29(18-15-20-13-16-26-17-14-20)24-19-23(21-9-5-3-6-10-21)27-25(28-24)30(2)22-11-7-4-8-12-22/h3-14,16-17,19H,15,18H2,1-2H3. The number of anilines is 3. The van der Waals surface area contributed by atoms with Crippen LogP contribution in [0.4, 0.5) is 17.5 Å². The molecule has 0 aliphatic carbocycles. The lowest BCUT2D eigenvalue weighted by Crippen LogP contribution is -2.23. The summed E-state index contributed by atoms with van der Waals surface area (Å²) < 4.78 is 0. The molecule has 0 bridgehead atoms. The maximum atomic E-state index is 4.88. The first-order valence-electron chi connectivity index (χ1n) is 10.0. The molecule has 2 heterocycles. The van der Waals surface area contributed by atoms with Crippen LogP contribution in [0.2, 0.25) is 0 Å². The lowest BCUT2D eigenvalue weighted by atomic mass is 10.1. The SMILES string of the molecule is CN(CCc1ccncc1)c1cc(-c2ccccc2)nc(N(C)c2ccccc2)n1. The van der Waals surface area contributed by atoms with Crippen molar-refractivity contribution in [2.45, 2.75) is 6.42 Å². The number of pyridine rings is 1. The number of hydrogen-bond acceptors (Lipinski definition) is 5. The third-order valence-corrected chi connectivity index (χ3v) is 5.09. The van der Waals surface area contributed by atoms with Gasteiger partial charge in [0.15, 0.2) is 0 Å². The molecule has 0 aliphatic rings. The van der Waals surface area contributed by atoms with Crippen LogP contribution in [0.5, 0.6) is 0 Å². The van der Waals surface area contributed by atoms with E-state index in [0.29, 0.717) is 5.95 Å². The quantitative estimate of drug-likeness (QED) is 0.441. The minimum absolute atomic E-state index is 0.674. The zero-order valence-electron chi connectivity index (χ0n) is 17.3. The highest BCUT2D eigenvalue weighted by Gasteiger charge is 2.14. The van der Waals surface area contributed by atoms with Crippen molar-refractivity contribution in [3.05, 3.63) is 96.8 Å². The highest BCUT2D eigenvalue weighted by atomic mass is 15.3. The van der Waals surface area contributed by atoms with Gasteiger partial charge in [-0.05, 0) is 36.2 Å². The second-order valence-electron chi connectivity index (χ2n) is 7.20. The van der Waals surface area contributed by atoms with Crippen LogP contribution in [0.1, 0.15) is 5.56 Å². The Kier molecular flexibility index (Phi) is 5.99. The van der Waals surface area contributed by atoms with Gasteiger partial charge in [-0.1, -0.05) is 48.5 Å². The highest BCUT2D eigenvalue weighted by Crippen LogP contribution is 2.27. The second kappa shape index (κ2) is 9.18. The Hall–Kier alpha value is -3.73. The molecule has 0 atom stereocenters. The van der Waals surface area contributed by atoms with E-state index in [9.17, 15) is 0 Å². The van der Waals surface area contributed by atoms with Gasteiger partial charge in [-0.3, -0.25) is 4.98 Å². The van der Waals surface area contributed by atoms with Crippen molar-refractivity contribution in [1.82, 2.24) is 15.0 Å². The van der Waals surface area contributed by atoms with Crippen LogP contribution in [-0.4, -0.2) is 35.6 Å². The molecule has 2 aromatic carbocycles. The summed E-state index contributed by atoms with van der Waals surface area (Å²) in [5.41, 5.74) is 4.30.